The van der Waals surface area contributed by atoms with Crippen LogP contribution in [0.4, 0.5) is 0 Å². The van der Waals surface area contributed by atoms with Gasteiger partial charge >= 0.3 is 0 Å². The summed E-state index contributed by atoms with van der Waals surface area (Å²) in [7, 11) is 0. The van der Waals surface area contributed by atoms with Gasteiger partial charge in [0.2, 0.25) is 5.91 Å². The van der Waals surface area contributed by atoms with E-state index in [0.717, 1.165) is 5.39 Å². The number of Topliss-reactive ketones (excluding diaryl/α,β-unsaturated/α-hetero) is 1. The number of amides is 1. The normalized spacial score (nSPS) is 10.9. The zero-order valence-electron chi connectivity index (χ0n) is 15.5. The van der Waals surface area contributed by atoms with Crippen LogP contribution in [-0.2, 0) is 17.9 Å². The molecule has 1 amide bonds. The molecule has 2 aromatic heterocycles. The number of nitrogens with zero attached hydrogens (tertiary/aromatic N) is 4. The van der Waals surface area contributed by atoms with Crippen molar-refractivity contribution in [2.75, 3.05) is 6.54 Å². The van der Waals surface area contributed by atoms with Crippen LogP contribution in [0.3, 0.4) is 0 Å². The van der Waals surface area contributed by atoms with E-state index in [-0.39, 0.29) is 36.9 Å². The average molecular weight is 367 g/mol. The van der Waals surface area contributed by atoms with Gasteiger partial charge in [-0.15, -0.1) is 0 Å². The van der Waals surface area contributed by atoms with Gasteiger partial charge in [-0.1, -0.05) is 18.2 Å². The van der Waals surface area contributed by atoms with Gasteiger partial charge in [0.25, 0.3) is 5.56 Å². The van der Waals surface area contributed by atoms with Crippen LogP contribution < -0.4 is 10.9 Å². The van der Waals surface area contributed by atoms with Gasteiger partial charge in [-0.05, 0) is 26.8 Å². The van der Waals surface area contributed by atoms with Crippen LogP contribution in [0.25, 0.3) is 10.8 Å². The van der Waals surface area contributed by atoms with E-state index in [9.17, 15) is 14.4 Å². The second-order valence-electron chi connectivity index (χ2n) is 6.37. The Bertz CT molecular complexity index is 1080. The number of nitrogens with one attached hydrogen (secondary N) is 1. The molecule has 0 unspecified atom stereocenters. The minimum absolute atomic E-state index is 0.0139. The van der Waals surface area contributed by atoms with E-state index in [2.05, 4.69) is 15.5 Å². The number of carbonyl (C=O) groups is 2. The molecule has 8 heteroatoms. The van der Waals surface area contributed by atoms with Crippen LogP contribution in [-0.4, -0.2) is 37.8 Å². The zero-order chi connectivity index (χ0) is 19.6. The Balaban J connectivity index is 1.62. The lowest BCUT2D eigenvalue weighted by Crippen LogP contribution is -2.34. The molecule has 0 saturated heterocycles. The van der Waals surface area contributed by atoms with Crippen molar-refractivity contribution in [3.8, 4) is 0 Å². The highest BCUT2D eigenvalue weighted by Crippen LogP contribution is 2.13. The van der Waals surface area contributed by atoms with Gasteiger partial charge in [-0.2, -0.15) is 10.2 Å². The number of aromatic nitrogens is 4. The third-order valence-electron chi connectivity index (χ3n) is 4.43. The number of rotatable bonds is 6. The Labute approximate surface area is 155 Å². The maximum absolute atomic E-state index is 12.4. The Kier molecular flexibility index (Phi) is 5.16. The van der Waals surface area contributed by atoms with Gasteiger partial charge in [0, 0.05) is 17.6 Å². The molecule has 0 atom stereocenters. The van der Waals surface area contributed by atoms with E-state index in [1.165, 1.54) is 16.3 Å². The topological polar surface area (TPSA) is 98.9 Å². The summed E-state index contributed by atoms with van der Waals surface area (Å²) < 4.78 is 2.85. The van der Waals surface area contributed by atoms with Crippen LogP contribution >= 0.6 is 0 Å². The zero-order valence-corrected chi connectivity index (χ0v) is 15.5. The van der Waals surface area contributed by atoms with Crippen molar-refractivity contribution < 1.29 is 9.59 Å². The molecule has 0 saturated carbocycles. The predicted molar refractivity (Wildman–Crippen MR) is 101 cm³/mol. The van der Waals surface area contributed by atoms with Crippen LogP contribution in [0.15, 0.2) is 35.3 Å². The van der Waals surface area contributed by atoms with Crippen molar-refractivity contribution in [3.05, 3.63) is 57.8 Å². The Morgan fingerprint density at radius 3 is 2.59 bits per heavy atom. The van der Waals surface area contributed by atoms with Crippen LogP contribution in [0.5, 0.6) is 0 Å². The third kappa shape index (κ3) is 3.79. The van der Waals surface area contributed by atoms with Crippen LogP contribution in [0.1, 0.15) is 28.7 Å². The number of hydrogen-bond donors (Lipinski definition) is 1. The van der Waals surface area contributed by atoms with E-state index >= 15 is 0 Å². The molecule has 0 aliphatic rings. The van der Waals surface area contributed by atoms with Crippen molar-refractivity contribution in [2.45, 2.75) is 33.9 Å². The smallest absolute Gasteiger partial charge is 0.274 e. The number of ketones is 1. The first-order valence-corrected chi connectivity index (χ1v) is 8.65. The van der Waals surface area contributed by atoms with Gasteiger partial charge in [-0.25, -0.2) is 4.68 Å². The molecule has 1 N–H and O–H groups in total. The molecular formula is C19H21N5O3. The molecule has 2 heterocycles. The maximum Gasteiger partial charge on any atom is 0.274 e. The SMILES string of the molecule is CC(=O)c1c(C)nn(CC(=O)NCCn2ncc3ccccc3c2=O)c1C. The van der Waals surface area contributed by atoms with Gasteiger partial charge < -0.3 is 5.32 Å². The number of aryl methyl sites for hydroxylation is 1. The minimum atomic E-state index is -0.246. The van der Waals surface area contributed by atoms with Gasteiger partial charge in [-0.3, -0.25) is 19.1 Å². The first-order valence-electron chi connectivity index (χ1n) is 8.65. The van der Waals surface area contributed by atoms with Crippen molar-refractivity contribution in [3.63, 3.8) is 0 Å². The van der Waals surface area contributed by atoms with E-state index in [4.69, 9.17) is 0 Å². The van der Waals surface area contributed by atoms with E-state index < -0.39 is 0 Å². The molecule has 0 fully saturated rings. The average Bonchev–Trinajstić information content (AvgIpc) is 2.90. The minimum Gasteiger partial charge on any atom is -0.353 e. The standard InChI is InChI=1S/C19H21N5O3/c1-12-18(14(3)25)13(2)24(22-12)11-17(26)20-8-9-23-19(27)16-7-5-4-6-15(16)10-21-23/h4-7,10H,8-9,11H2,1-3H3,(H,20,26). The molecule has 27 heavy (non-hydrogen) atoms. The summed E-state index contributed by atoms with van der Waals surface area (Å²) >= 11 is 0. The lowest BCUT2D eigenvalue weighted by atomic mass is 10.1. The maximum atomic E-state index is 12.4. The summed E-state index contributed by atoms with van der Waals surface area (Å²) in [6.45, 7) is 5.54. The molecule has 0 radical (unpaired) electrons. The third-order valence-corrected chi connectivity index (χ3v) is 4.43. The number of hydrogen-bond acceptors (Lipinski definition) is 5. The summed E-state index contributed by atoms with van der Waals surface area (Å²) in [5.74, 6) is -0.317. The first-order chi connectivity index (χ1) is 12.9. The van der Waals surface area contributed by atoms with Gasteiger partial charge in [0.1, 0.15) is 6.54 Å². The summed E-state index contributed by atoms with van der Waals surface area (Å²) in [5, 5.41) is 12.5. The van der Waals surface area contributed by atoms with Gasteiger partial charge in [0.05, 0.1) is 29.4 Å². The fraction of sp³-hybridized carbons (Fsp3) is 0.316. The highest BCUT2D eigenvalue weighted by molar-refractivity contribution is 5.96. The fourth-order valence-electron chi connectivity index (χ4n) is 3.14. The van der Waals surface area contributed by atoms with Crippen molar-refractivity contribution in [1.29, 1.82) is 0 Å². The summed E-state index contributed by atoms with van der Waals surface area (Å²) in [6, 6.07) is 7.24. The molecular weight excluding hydrogens is 346 g/mol. The highest BCUT2D eigenvalue weighted by Gasteiger charge is 2.16. The molecule has 0 spiro atoms. The van der Waals surface area contributed by atoms with Crippen molar-refractivity contribution >= 4 is 22.5 Å². The van der Waals surface area contributed by atoms with E-state index in [1.807, 2.05) is 12.1 Å². The number of fused-ring (bicyclic) bond motifs is 1. The van der Waals surface area contributed by atoms with Gasteiger partial charge in [0.15, 0.2) is 5.78 Å². The summed E-state index contributed by atoms with van der Waals surface area (Å²) in [4.78, 5) is 36.2. The Morgan fingerprint density at radius 1 is 1.15 bits per heavy atom. The predicted octanol–water partition coefficient (Wildman–Crippen LogP) is 1.23. The number of carbonyl (C=O) groups excluding carboxylic acids is 2. The lowest BCUT2D eigenvalue weighted by Gasteiger charge is -2.09. The van der Waals surface area contributed by atoms with Crippen molar-refractivity contribution in [1.82, 2.24) is 24.9 Å². The van der Waals surface area contributed by atoms with E-state index in [0.29, 0.717) is 22.3 Å². The van der Waals surface area contributed by atoms with Crippen LogP contribution in [0.2, 0.25) is 0 Å². The molecule has 140 valence electrons. The first kappa shape index (κ1) is 18.5. The summed E-state index contributed by atoms with van der Waals surface area (Å²) in [6.07, 6.45) is 1.64. The lowest BCUT2D eigenvalue weighted by molar-refractivity contribution is -0.121. The quantitative estimate of drug-likeness (QED) is 0.661. The fourth-order valence-corrected chi connectivity index (χ4v) is 3.14. The molecule has 1 aromatic carbocycles. The molecule has 0 bridgehead atoms. The monoisotopic (exact) mass is 367 g/mol. The Hall–Kier alpha value is -3.29. The number of benzene rings is 1. The second-order valence-corrected chi connectivity index (χ2v) is 6.37. The molecule has 0 aliphatic carbocycles. The second kappa shape index (κ2) is 7.53. The summed E-state index contributed by atoms with van der Waals surface area (Å²) in [5.41, 5.74) is 1.64. The Morgan fingerprint density at radius 2 is 1.89 bits per heavy atom. The van der Waals surface area contributed by atoms with E-state index in [1.54, 1.807) is 32.2 Å². The molecule has 8 nitrogen and oxygen atoms in total. The molecule has 0 aliphatic heterocycles. The molecule has 3 rings (SSSR count). The largest absolute Gasteiger partial charge is 0.353 e. The van der Waals surface area contributed by atoms with Crippen molar-refractivity contribution in [2.24, 2.45) is 0 Å². The molecule has 3 aromatic rings. The van der Waals surface area contributed by atoms with Crippen LogP contribution in [0, 0.1) is 13.8 Å². The highest BCUT2D eigenvalue weighted by atomic mass is 16.2.